The number of alkyl halides is 4. The first-order chi connectivity index (χ1) is 27.0. The van der Waals surface area contributed by atoms with E-state index in [1.807, 2.05) is 0 Å². The van der Waals surface area contributed by atoms with Crippen molar-refractivity contribution in [2.45, 2.75) is 52.3 Å². The van der Waals surface area contributed by atoms with E-state index in [-0.39, 0.29) is 71.3 Å². The lowest BCUT2D eigenvalue weighted by atomic mass is 10.0. The number of nitrogens with zero attached hydrogens (tertiary/aromatic N) is 10. The standard InChI is InChI=1S/C20H22F3N7O2.C15H14F3N7.ClH/c1-20(2,3)32-19(31)24-9-11-5-6-12(15(21)14(11)16(22)23)17-25-10-26-18(28-17)27-13-7-8-30(4)29-13;1-25-5-4-10(24-25)22-15-21-7-20-14(23-15)9-3-2-8(6-19)11(12(9)16)13(17)18;/h5-8,10,16H,9H2,1-4H3,(H,24,31)(H,25,26,27,28,29);2-5,7,13H,6,19H2,1H3,(H,20,21,22,23,24);1H. The summed E-state index contributed by atoms with van der Waals surface area (Å²) in [4.78, 5) is 35.6. The van der Waals surface area contributed by atoms with Crippen molar-refractivity contribution in [3.63, 3.8) is 0 Å². The van der Waals surface area contributed by atoms with E-state index >= 15 is 4.39 Å². The predicted octanol–water partition coefficient (Wildman–Crippen LogP) is 7.09. The Morgan fingerprint density at radius 3 is 1.59 bits per heavy atom. The third-order valence-electron chi connectivity index (χ3n) is 7.55. The quantitative estimate of drug-likeness (QED) is 0.0965. The van der Waals surface area contributed by atoms with Gasteiger partial charge in [-0.2, -0.15) is 20.2 Å². The van der Waals surface area contributed by atoms with Gasteiger partial charge in [0.05, 0.1) is 22.3 Å². The van der Waals surface area contributed by atoms with Gasteiger partial charge in [-0.15, -0.1) is 12.4 Å². The molecule has 16 nitrogen and oxygen atoms in total. The van der Waals surface area contributed by atoms with Gasteiger partial charge in [0.15, 0.2) is 23.3 Å². The number of rotatable bonds is 11. The van der Waals surface area contributed by atoms with Crippen molar-refractivity contribution in [3.05, 3.63) is 95.3 Å². The van der Waals surface area contributed by atoms with Crippen LogP contribution in [0.1, 0.15) is 55.9 Å². The van der Waals surface area contributed by atoms with Gasteiger partial charge in [0, 0.05) is 51.7 Å². The molecule has 0 aliphatic carbocycles. The lowest BCUT2D eigenvalue weighted by molar-refractivity contribution is 0.0522. The molecule has 2 aromatic carbocycles. The number of ether oxygens (including phenoxy) is 1. The Kier molecular flexibility index (Phi) is 14.6. The lowest BCUT2D eigenvalue weighted by Crippen LogP contribution is -2.32. The normalized spacial score (nSPS) is 11.1. The molecule has 0 saturated heterocycles. The fraction of sp³-hybridized carbons (Fsp3) is 0.286. The smallest absolute Gasteiger partial charge is 0.407 e. The molecular formula is C35H37ClF6N14O2. The highest BCUT2D eigenvalue weighted by molar-refractivity contribution is 5.85. The Morgan fingerprint density at radius 1 is 0.741 bits per heavy atom. The largest absolute Gasteiger partial charge is 0.444 e. The number of hydrogen-bond donors (Lipinski definition) is 4. The van der Waals surface area contributed by atoms with Gasteiger partial charge in [-0.3, -0.25) is 9.36 Å². The van der Waals surface area contributed by atoms with Crippen molar-refractivity contribution in [1.29, 1.82) is 0 Å². The molecule has 23 heteroatoms. The van der Waals surface area contributed by atoms with Crippen LogP contribution >= 0.6 is 12.4 Å². The zero-order chi connectivity index (χ0) is 41.4. The third kappa shape index (κ3) is 11.3. The van der Waals surface area contributed by atoms with Crippen molar-refractivity contribution >= 4 is 42.0 Å². The monoisotopic (exact) mass is 834 g/mol. The number of carbonyl (C=O) groups excluding carboxylic acids is 1. The molecule has 6 aromatic rings. The van der Waals surface area contributed by atoms with Crippen LogP contribution in [-0.2, 0) is 31.9 Å². The average Bonchev–Trinajstić information content (AvgIpc) is 3.75. The maximum Gasteiger partial charge on any atom is 0.407 e. The summed E-state index contributed by atoms with van der Waals surface area (Å²) in [5, 5.41) is 16.2. The maximum absolute atomic E-state index is 15.1. The van der Waals surface area contributed by atoms with Gasteiger partial charge in [-0.25, -0.2) is 51.1 Å². The first-order valence-corrected chi connectivity index (χ1v) is 16.8. The van der Waals surface area contributed by atoms with Crippen LogP contribution < -0.4 is 21.7 Å². The number of nitrogens with one attached hydrogen (secondary N) is 3. The molecular weight excluding hydrogens is 798 g/mol. The Hall–Kier alpha value is -6.42. The van der Waals surface area contributed by atoms with Crippen LogP contribution in [-0.4, -0.2) is 61.2 Å². The summed E-state index contributed by atoms with van der Waals surface area (Å²) in [6.07, 6.45) is -1.22. The summed E-state index contributed by atoms with van der Waals surface area (Å²) in [5.41, 5.74) is 2.62. The molecule has 0 fully saturated rings. The minimum atomic E-state index is -3.13. The maximum atomic E-state index is 15.1. The molecule has 0 radical (unpaired) electrons. The minimum Gasteiger partial charge on any atom is -0.444 e. The zero-order valence-electron chi connectivity index (χ0n) is 31.4. The van der Waals surface area contributed by atoms with E-state index in [0.717, 1.165) is 12.7 Å². The van der Waals surface area contributed by atoms with Crippen LogP contribution in [0.5, 0.6) is 0 Å². The fourth-order valence-corrected chi connectivity index (χ4v) is 5.06. The van der Waals surface area contributed by atoms with E-state index in [0.29, 0.717) is 11.6 Å². The molecule has 58 heavy (non-hydrogen) atoms. The number of alkyl carbamates (subject to hydrolysis) is 1. The number of benzene rings is 2. The summed E-state index contributed by atoms with van der Waals surface area (Å²) in [5.74, 6) is -1.37. The van der Waals surface area contributed by atoms with Gasteiger partial charge >= 0.3 is 6.09 Å². The van der Waals surface area contributed by atoms with Gasteiger partial charge < -0.3 is 26.4 Å². The lowest BCUT2D eigenvalue weighted by Gasteiger charge is -2.20. The van der Waals surface area contributed by atoms with E-state index in [4.69, 9.17) is 10.5 Å². The number of hydrogen-bond acceptors (Lipinski definition) is 13. The Morgan fingerprint density at radius 2 is 1.19 bits per heavy atom. The van der Waals surface area contributed by atoms with E-state index in [1.54, 1.807) is 68.8 Å². The van der Waals surface area contributed by atoms with Gasteiger partial charge in [0.2, 0.25) is 11.9 Å². The SMILES string of the molecule is Cl.Cn1ccc(Nc2ncnc(-c3ccc(CN)c(C(F)F)c3F)n2)n1.Cn1ccc(Nc2ncnc(-c3ccc(CNC(=O)OC(C)(C)C)c(C(F)F)c3F)n2)n1. The topological polar surface area (TPSA) is 201 Å². The second-order valence-electron chi connectivity index (χ2n) is 12.9. The van der Waals surface area contributed by atoms with Gasteiger partial charge in [0.1, 0.15) is 29.9 Å². The molecule has 0 spiro atoms. The highest BCUT2D eigenvalue weighted by Crippen LogP contribution is 2.33. The highest BCUT2D eigenvalue weighted by atomic mass is 35.5. The first kappa shape index (κ1) is 44.3. The van der Waals surface area contributed by atoms with Gasteiger partial charge in [-0.1, -0.05) is 12.1 Å². The summed E-state index contributed by atoms with van der Waals surface area (Å²) >= 11 is 0. The zero-order valence-corrected chi connectivity index (χ0v) is 32.2. The summed E-state index contributed by atoms with van der Waals surface area (Å²) in [6, 6.07) is 8.58. The molecule has 5 N–H and O–H groups in total. The van der Waals surface area contributed by atoms with Crippen LogP contribution in [0.25, 0.3) is 22.8 Å². The number of nitrogens with two attached hydrogens (primary N) is 1. The second kappa shape index (κ2) is 19.1. The summed E-state index contributed by atoms with van der Waals surface area (Å²) in [6.45, 7) is 4.46. The van der Waals surface area contributed by atoms with Crippen LogP contribution in [0.4, 0.5) is 54.7 Å². The molecule has 1 amide bonds. The number of halogens is 7. The van der Waals surface area contributed by atoms with Crippen LogP contribution in [0.15, 0.2) is 61.4 Å². The first-order valence-electron chi connectivity index (χ1n) is 16.8. The van der Waals surface area contributed by atoms with Crippen LogP contribution in [0.3, 0.4) is 0 Å². The average molecular weight is 835 g/mol. The molecule has 0 aliphatic rings. The number of aryl methyl sites for hydroxylation is 2. The van der Waals surface area contributed by atoms with Crippen LogP contribution in [0.2, 0.25) is 0 Å². The minimum absolute atomic E-state index is 0. The van der Waals surface area contributed by atoms with Crippen molar-refractivity contribution in [1.82, 2.24) is 54.8 Å². The molecule has 6 rings (SSSR count). The van der Waals surface area contributed by atoms with E-state index in [9.17, 15) is 26.7 Å². The summed E-state index contributed by atoms with van der Waals surface area (Å²) in [7, 11) is 3.47. The molecule has 4 heterocycles. The second-order valence-corrected chi connectivity index (χ2v) is 12.9. The fourth-order valence-electron chi connectivity index (χ4n) is 5.06. The molecule has 0 unspecified atom stereocenters. The number of anilines is 4. The van der Waals surface area contributed by atoms with Crippen LogP contribution in [0, 0.1) is 11.6 Å². The molecule has 0 saturated carbocycles. The molecule has 0 aliphatic heterocycles. The number of carbonyl (C=O) groups is 1. The third-order valence-corrected chi connectivity index (χ3v) is 7.55. The number of aromatic nitrogens is 10. The van der Waals surface area contributed by atoms with Crippen molar-refractivity contribution in [2.24, 2.45) is 19.8 Å². The van der Waals surface area contributed by atoms with E-state index < -0.39 is 47.3 Å². The van der Waals surface area contributed by atoms with Crippen molar-refractivity contribution in [2.75, 3.05) is 10.6 Å². The van der Waals surface area contributed by atoms with Crippen molar-refractivity contribution in [3.8, 4) is 22.8 Å². The molecule has 0 bridgehead atoms. The highest BCUT2D eigenvalue weighted by Gasteiger charge is 2.25. The Labute approximate surface area is 333 Å². The van der Waals surface area contributed by atoms with Crippen molar-refractivity contribution < 1.29 is 35.9 Å². The molecule has 308 valence electrons. The summed E-state index contributed by atoms with van der Waals surface area (Å²) < 4.78 is 91.5. The molecule has 0 atom stereocenters. The predicted molar refractivity (Wildman–Crippen MR) is 202 cm³/mol. The Balaban J connectivity index is 0.000000259. The molecule has 4 aromatic heterocycles. The number of amides is 1. The van der Waals surface area contributed by atoms with E-state index in [1.165, 1.54) is 24.3 Å². The van der Waals surface area contributed by atoms with Gasteiger partial charge in [-0.05, 0) is 44.0 Å². The van der Waals surface area contributed by atoms with E-state index in [2.05, 4.69) is 56.1 Å². The Bertz CT molecular complexity index is 2340. The van der Waals surface area contributed by atoms with Gasteiger partial charge in [0.25, 0.3) is 12.9 Å².